The van der Waals surface area contributed by atoms with E-state index in [9.17, 15) is 0 Å². The third-order valence-corrected chi connectivity index (χ3v) is 2.42. The third-order valence-electron chi connectivity index (χ3n) is 2.42. The minimum absolute atomic E-state index is 0.859. The summed E-state index contributed by atoms with van der Waals surface area (Å²) in [6, 6.07) is 17.8. The Morgan fingerprint density at radius 3 is 2.41 bits per heavy atom. The summed E-state index contributed by atoms with van der Waals surface area (Å²) in [5.41, 5.74) is 1.04. The van der Waals surface area contributed by atoms with Crippen LogP contribution < -0.4 is 10.1 Å². The highest BCUT2D eigenvalue weighted by Gasteiger charge is 2.02. The molecule has 17 heavy (non-hydrogen) atoms. The van der Waals surface area contributed by atoms with Gasteiger partial charge in [-0.05, 0) is 30.7 Å². The number of ether oxygens (including phenoxy) is 1. The molecule has 1 N–H and O–H groups in total. The Morgan fingerprint density at radius 1 is 0.941 bits per heavy atom. The van der Waals surface area contributed by atoms with Gasteiger partial charge in [-0.15, -0.1) is 0 Å². The van der Waals surface area contributed by atoms with Crippen LogP contribution >= 0.6 is 0 Å². The van der Waals surface area contributed by atoms with Gasteiger partial charge in [0.25, 0.3) is 0 Å². The number of anilines is 1. The summed E-state index contributed by atoms with van der Waals surface area (Å²) in [7, 11) is 0. The molecule has 0 fully saturated rings. The zero-order chi connectivity index (χ0) is 11.9. The number of hydrogen-bond donors (Lipinski definition) is 1. The molecule has 0 unspecified atom stereocenters. The fourth-order valence-electron chi connectivity index (χ4n) is 1.58. The number of benzene rings is 2. The van der Waals surface area contributed by atoms with Crippen LogP contribution in [0, 0.1) is 0 Å². The Labute approximate surface area is 102 Å². The molecular weight excluding hydrogens is 210 g/mol. The molecule has 0 aliphatic heterocycles. The van der Waals surface area contributed by atoms with Crippen LogP contribution in [0.15, 0.2) is 54.6 Å². The SMILES string of the molecule is CCCNc1ccccc1Oc1ccccc1. The average Bonchev–Trinajstić information content (AvgIpc) is 2.39. The zero-order valence-electron chi connectivity index (χ0n) is 10.0. The van der Waals surface area contributed by atoms with Crippen LogP contribution in [0.2, 0.25) is 0 Å². The molecule has 0 aliphatic carbocycles. The van der Waals surface area contributed by atoms with E-state index in [2.05, 4.69) is 12.2 Å². The van der Waals surface area contributed by atoms with E-state index < -0.39 is 0 Å². The highest BCUT2D eigenvalue weighted by molar-refractivity contribution is 5.57. The second kappa shape index (κ2) is 5.94. The fraction of sp³-hybridized carbons (Fsp3) is 0.200. The lowest BCUT2D eigenvalue weighted by Crippen LogP contribution is -2.01. The summed E-state index contributed by atoms with van der Waals surface area (Å²) < 4.78 is 5.84. The van der Waals surface area contributed by atoms with Crippen LogP contribution in [-0.4, -0.2) is 6.54 Å². The molecule has 2 aromatic rings. The molecule has 0 spiro atoms. The lowest BCUT2D eigenvalue weighted by Gasteiger charge is -2.12. The Morgan fingerprint density at radius 2 is 1.65 bits per heavy atom. The molecule has 0 saturated heterocycles. The van der Waals surface area contributed by atoms with Crippen molar-refractivity contribution in [3.05, 3.63) is 54.6 Å². The van der Waals surface area contributed by atoms with Crippen LogP contribution in [0.1, 0.15) is 13.3 Å². The molecule has 0 amide bonds. The molecule has 2 rings (SSSR count). The van der Waals surface area contributed by atoms with E-state index in [-0.39, 0.29) is 0 Å². The maximum Gasteiger partial charge on any atom is 0.150 e. The van der Waals surface area contributed by atoms with Crippen LogP contribution in [0.4, 0.5) is 5.69 Å². The standard InChI is InChI=1S/C15H17NO/c1-2-12-16-14-10-6-7-11-15(14)17-13-8-4-3-5-9-13/h3-11,16H,2,12H2,1H3. The van der Waals surface area contributed by atoms with Crippen molar-refractivity contribution in [2.45, 2.75) is 13.3 Å². The van der Waals surface area contributed by atoms with E-state index in [1.54, 1.807) is 0 Å². The Kier molecular flexibility index (Phi) is 4.03. The molecule has 0 heterocycles. The van der Waals surface area contributed by atoms with E-state index in [0.29, 0.717) is 0 Å². The van der Waals surface area contributed by atoms with Crippen molar-refractivity contribution in [1.82, 2.24) is 0 Å². The lowest BCUT2D eigenvalue weighted by atomic mass is 10.2. The van der Waals surface area contributed by atoms with E-state index in [1.807, 2.05) is 54.6 Å². The van der Waals surface area contributed by atoms with Crippen molar-refractivity contribution in [2.24, 2.45) is 0 Å². The molecule has 2 nitrogen and oxygen atoms in total. The lowest BCUT2D eigenvalue weighted by molar-refractivity contribution is 0.484. The van der Waals surface area contributed by atoms with Gasteiger partial charge >= 0.3 is 0 Å². The van der Waals surface area contributed by atoms with Gasteiger partial charge in [-0.25, -0.2) is 0 Å². The van der Waals surface area contributed by atoms with Crippen LogP contribution in [0.3, 0.4) is 0 Å². The minimum Gasteiger partial charge on any atom is -0.455 e. The summed E-state index contributed by atoms with van der Waals surface area (Å²) >= 11 is 0. The first-order valence-electron chi connectivity index (χ1n) is 5.96. The van der Waals surface area contributed by atoms with Crippen LogP contribution in [0.25, 0.3) is 0 Å². The normalized spacial score (nSPS) is 9.94. The molecule has 2 heteroatoms. The number of para-hydroxylation sites is 3. The minimum atomic E-state index is 0.859. The van der Waals surface area contributed by atoms with Gasteiger partial charge in [0.1, 0.15) is 5.75 Å². The molecule has 0 atom stereocenters. The molecule has 0 radical (unpaired) electrons. The quantitative estimate of drug-likeness (QED) is 0.822. The highest BCUT2D eigenvalue weighted by Crippen LogP contribution is 2.28. The smallest absolute Gasteiger partial charge is 0.150 e. The monoisotopic (exact) mass is 227 g/mol. The van der Waals surface area contributed by atoms with Gasteiger partial charge in [-0.3, -0.25) is 0 Å². The maximum atomic E-state index is 5.84. The predicted molar refractivity (Wildman–Crippen MR) is 71.7 cm³/mol. The van der Waals surface area contributed by atoms with Gasteiger partial charge in [0.2, 0.25) is 0 Å². The van der Waals surface area contributed by atoms with Gasteiger partial charge in [0, 0.05) is 6.54 Å². The molecule has 2 aromatic carbocycles. The first-order chi connectivity index (χ1) is 8.40. The van der Waals surface area contributed by atoms with Gasteiger partial charge in [-0.2, -0.15) is 0 Å². The summed E-state index contributed by atoms with van der Waals surface area (Å²) in [6.45, 7) is 3.10. The van der Waals surface area contributed by atoms with Gasteiger partial charge in [-0.1, -0.05) is 37.3 Å². The van der Waals surface area contributed by atoms with Crippen molar-refractivity contribution >= 4 is 5.69 Å². The fourth-order valence-corrected chi connectivity index (χ4v) is 1.58. The molecule has 0 aromatic heterocycles. The van der Waals surface area contributed by atoms with Crippen molar-refractivity contribution in [1.29, 1.82) is 0 Å². The number of rotatable bonds is 5. The van der Waals surface area contributed by atoms with E-state index in [0.717, 1.165) is 30.2 Å². The zero-order valence-corrected chi connectivity index (χ0v) is 10.0. The highest BCUT2D eigenvalue weighted by atomic mass is 16.5. The van der Waals surface area contributed by atoms with E-state index in [4.69, 9.17) is 4.74 Å². The second-order valence-electron chi connectivity index (χ2n) is 3.84. The third kappa shape index (κ3) is 3.25. The van der Waals surface area contributed by atoms with Crippen molar-refractivity contribution < 1.29 is 4.74 Å². The van der Waals surface area contributed by atoms with Gasteiger partial charge in [0.05, 0.1) is 5.69 Å². The summed E-state index contributed by atoms with van der Waals surface area (Å²) in [6.07, 6.45) is 1.10. The predicted octanol–water partition coefficient (Wildman–Crippen LogP) is 4.30. The van der Waals surface area contributed by atoms with Crippen LogP contribution in [-0.2, 0) is 0 Å². The molecule has 0 aliphatic rings. The maximum absolute atomic E-state index is 5.84. The van der Waals surface area contributed by atoms with Crippen molar-refractivity contribution in [3.63, 3.8) is 0 Å². The first kappa shape index (κ1) is 11.5. The molecular formula is C15H17NO. The second-order valence-corrected chi connectivity index (χ2v) is 3.84. The van der Waals surface area contributed by atoms with Gasteiger partial charge < -0.3 is 10.1 Å². The number of hydrogen-bond acceptors (Lipinski definition) is 2. The largest absolute Gasteiger partial charge is 0.455 e. The molecule has 0 bridgehead atoms. The summed E-state index contributed by atoms with van der Waals surface area (Å²) in [4.78, 5) is 0. The van der Waals surface area contributed by atoms with Gasteiger partial charge in [0.15, 0.2) is 5.75 Å². The molecule has 88 valence electrons. The number of nitrogens with one attached hydrogen (secondary N) is 1. The van der Waals surface area contributed by atoms with E-state index in [1.165, 1.54) is 0 Å². The van der Waals surface area contributed by atoms with Crippen molar-refractivity contribution in [3.8, 4) is 11.5 Å². The van der Waals surface area contributed by atoms with E-state index >= 15 is 0 Å². The summed E-state index contributed by atoms with van der Waals surface area (Å²) in [5.74, 6) is 1.73. The Balaban J connectivity index is 2.15. The average molecular weight is 227 g/mol. The Bertz CT molecular complexity index is 453. The Hall–Kier alpha value is -1.96. The molecule has 0 saturated carbocycles. The topological polar surface area (TPSA) is 21.3 Å². The van der Waals surface area contributed by atoms with Crippen LogP contribution in [0.5, 0.6) is 11.5 Å². The summed E-state index contributed by atoms with van der Waals surface area (Å²) in [5, 5.41) is 3.36. The first-order valence-corrected chi connectivity index (χ1v) is 5.96. The van der Waals surface area contributed by atoms with Crippen molar-refractivity contribution in [2.75, 3.05) is 11.9 Å².